The number of fused-ring (bicyclic) bond motifs is 1. The average Bonchev–Trinajstić information content (AvgIpc) is 3.01. The maximum Gasteiger partial charge on any atom is 0.268 e. The van der Waals surface area contributed by atoms with Gasteiger partial charge in [0.15, 0.2) is 0 Å². The van der Waals surface area contributed by atoms with E-state index in [1.54, 1.807) is 18.2 Å². The predicted octanol–water partition coefficient (Wildman–Crippen LogP) is 3.38. The van der Waals surface area contributed by atoms with E-state index in [9.17, 15) is 4.79 Å². The van der Waals surface area contributed by atoms with Crippen LogP contribution >= 0.6 is 23.2 Å². The third kappa shape index (κ3) is 2.39. The van der Waals surface area contributed by atoms with Gasteiger partial charge in [-0.1, -0.05) is 23.2 Å². The fraction of sp³-hybridized carbons (Fsp3) is 0.357. The molecule has 0 saturated carbocycles. The molecular weight excluding hydrogens is 299 g/mol. The fourth-order valence-electron chi connectivity index (χ4n) is 2.37. The van der Waals surface area contributed by atoms with Crippen molar-refractivity contribution in [2.45, 2.75) is 18.9 Å². The lowest BCUT2D eigenvalue weighted by Crippen LogP contribution is -2.46. The number of carbonyl (C=O) groups is 1. The molecule has 1 amide bonds. The second-order valence-electron chi connectivity index (χ2n) is 5.32. The zero-order chi connectivity index (χ0) is 14.3. The van der Waals surface area contributed by atoms with Gasteiger partial charge in [-0.05, 0) is 31.5 Å². The van der Waals surface area contributed by atoms with Gasteiger partial charge in [-0.2, -0.15) is 0 Å². The molecule has 1 unspecified atom stereocenters. The molecule has 1 aliphatic rings. The third-order valence-electron chi connectivity index (χ3n) is 3.57. The standard InChI is InChI=1S/C14H14Cl2N2O2/c1-14(4-5-20-7-14)18-13(19)11-6-8-10(17-11)3-2-9(15)12(8)16/h2-3,6,17H,4-5,7H2,1H3,(H,18,19). The zero-order valence-electron chi connectivity index (χ0n) is 10.9. The molecule has 4 nitrogen and oxygen atoms in total. The minimum absolute atomic E-state index is 0.165. The molecule has 3 rings (SSSR count). The molecule has 2 N–H and O–H groups in total. The first kappa shape index (κ1) is 13.7. The fourth-order valence-corrected chi connectivity index (χ4v) is 2.76. The maximum absolute atomic E-state index is 12.3. The van der Waals surface area contributed by atoms with Crippen LogP contribution in [0.1, 0.15) is 23.8 Å². The van der Waals surface area contributed by atoms with Gasteiger partial charge in [-0.25, -0.2) is 0 Å². The van der Waals surface area contributed by atoms with Crippen LogP contribution in [-0.2, 0) is 4.74 Å². The summed E-state index contributed by atoms with van der Waals surface area (Å²) in [6.45, 7) is 3.18. The second-order valence-corrected chi connectivity index (χ2v) is 6.11. The minimum Gasteiger partial charge on any atom is -0.379 e. The smallest absolute Gasteiger partial charge is 0.268 e. The van der Waals surface area contributed by atoms with Crippen LogP contribution < -0.4 is 5.32 Å². The van der Waals surface area contributed by atoms with Gasteiger partial charge in [-0.15, -0.1) is 0 Å². The molecule has 6 heteroatoms. The van der Waals surface area contributed by atoms with Gasteiger partial charge in [0, 0.05) is 17.5 Å². The Morgan fingerprint density at radius 2 is 2.25 bits per heavy atom. The Balaban J connectivity index is 1.90. The molecule has 1 aliphatic heterocycles. The Morgan fingerprint density at radius 3 is 2.95 bits per heavy atom. The molecule has 20 heavy (non-hydrogen) atoms. The van der Waals surface area contributed by atoms with Crippen molar-refractivity contribution in [3.8, 4) is 0 Å². The summed E-state index contributed by atoms with van der Waals surface area (Å²) in [6, 6.07) is 5.23. The number of rotatable bonds is 2. The van der Waals surface area contributed by atoms with E-state index in [0.717, 1.165) is 17.3 Å². The number of aromatic amines is 1. The van der Waals surface area contributed by atoms with Gasteiger partial charge in [0.2, 0.25) is 0 Å². The zero-order valence-corrected chi connectivity index (χ0v) is 12.4. The van der Waals surface area contributed by atoms with Crippen molar-refractivity contribution >= 4 is 40.0 Å². The van der Waals surface area contributed by atoms with Crippen molar-refractivity contribution in [3.63, 3.8) is 0 Å². The number of hydrogen-bond donors (Lipinski definition) is 2. The Labute approximate surface area is 126 Å². The van der Waals surface area contributed by atoms with Crippen LogP contribution in [0.25, 0.3) is 10.9 Å². The van der Waals surface area contributed by atoms with E-state index < -0.39 is 0 Å². The van der Waals surface area contributed by atoms with Crippen LogP contribution in [0.2, 0.25) is 10.0 Å². The molecule has 1 aromatic carbocycles. The molecule has 1 saturated heterocycles. The molecule has 0 aliphatic carbocycles. The van der Waals surface area contributed by atoms with Gasteiger partial charge in [0.05, 0.1) is 22.2 Å². The number of benzene rings is 1. The van der Waals surface area contributed by atoms with E-state index in [1.165, 1.54) is 0 Å². The summed E-state index contributed by atoms with van der Waals surface area (Å²) in [5.74, 6) is -0.165. The summed E-state index contributed by atoms with van der Waals surface area (Å²) in [6.07, 6.45) is 0.811. The van der Waals surface area contributed by atoms with Crippen molar-refractivity contribution in [2.24, 2.45) is 0 Å². The van der Waals surface area contributed by atoms with Crippen molar-refractivity contribution in [1.29, 1.82) is 0 Å². The average molecular weight is 313 g/mol. The quantitative estimate of drug-likeness (QED) is 0.893. The molecule has 0 radical (unpaired) electrons. The molecule has 2 aromatic rings. The molecule has 0 spiro atoms. The van der Waals surface area contributed by atoms with Crippen LogP contribution in [0.3, 0.4) is 0 Å². The monoisotopic (exact) mass is 312 g/mol. The lowest BCUT2D eigenvalue weighted by Gasteiger charge is -2.22. The van der Waals surface area contributed by atoms with E-state index >= 15 is 0 Å². The summed E-state index contributed by atoms with van der Waals surface area (Å²) >= 11 is 12.1. The molecule has 1 fully saturated rings. The second kappa shape index (κ2) is 4.95. The van der Waals surface area contributed by atoms with Crippen LogP contribution in [0, 0.1) is 0 Å². The Morgan fingerprint density at radius 1 is 1.45 bits per heavy atom. The van der Waals surface area contributed by atoms with E-state index in [1.807, 2.05) is 6.92 Å². The van der Waals surface area contributed by atoms with Crippen molar-refractivity contribution in [3.05, 3.63) is 33.9 Å². The van der Waals surface area contributed by atoms with Gasteiger partial charge in [-0.3, -0.25) is 4.79 Å². The molecule has 1 aromatic heterocycles. The Kier molecular flexibility index (Phi) is 3.40. The number of aromatic nitrogens is 1. The van der Waals surface area contributed by atoms with Gasteiger partial charge < -0.3 is 15.0 Å². The van der Waals surface area contributed by atoms with Crippen LogP contribution in [0.5, 0.6) is 0 Å². The van der Waals surface area contributed by atoms with E-state index in [-0.39, 0.29) is 11.4 Å². The number of carbonyl (C=O) groups excluding carboxylic acids is 1. The Bertz CT molecular complexity index is 675. The molecule has 1 atom stereocenters. The lowest BCUT2D eigenvalue weighted by atomic mass is 10.0. The van der Waals surface area contributed by atoms with Crippen molar-refractivity contribution in [2.75, 3.05) is 13.2 Å². The molecular formula is C14H14Cl2N2O2. The highest BCUT2D eigenvalue weighted by molar-refractivity contribution is 6.45. The number of H-pyrrole nitrogens is 1. The SMILES string of the molecule is CC1(NC(=O)c2cc3c(Cl)c(Cl)ccc3[nH]2)CCOC1. The van der Waals surface area contributed by atoms with Gasteiger partial charge in [0.25, 0.3) is 5.91 Å². The van der Waals surface area contributed by atoms with Gasteiger partial charge in [0.1, 0.15) is 5.69 Å². The lowest BCUT2D eigenvalue weighted by molar-refractivity contribution is 0.0885. The summed E-state index contributed by atoms with van der Waals surface area (Å²) < 4.78 is 5.33. The summed E-state index contributed by atoms with van der Waals surface area (Å²) in [4.78, 5) is 15.4. The van der Waals surface area contributed by atoms with Crippen LogP contribution in [-0.4, -0.2) is 29.6 Å². The number of hydrogen-bond acceptors (Lipinski definition) is 2. The number of nitrogens with one attached hydrogen (secondary N) is 2. The van der Waals surface area contributed by atoms with Crippen molar-refractivity contribution < 1.29 is 9.53 Å². The first-order valence-electron chi connectivity index (χ1n) is 6.35. The van der Waals surface area contributed by atoms with E-state index in [2.05, 4.69) is 10.3 Å². The highest BCUT2D eigenvalue weighted by atomic mass is 35.5. The molecule has 0 bridgehead atoms. The number of amides is 1. The number of ether oxygens (including phenoxy) is 1. The number of halogens is 2. The Hall–Kier alpha value is -1.23. The van der Waals surface area contributed by atoms with Crippen LogP contribution in [0.4, 0.5) is 0 Å². The predicted molar refractivity (Wildman–Crippen MR) is 79.6 cm³/mol. The molecule has 2 heterocycles. The normalized spacial score (nSPS) is 22.4. The highest BCUT2D eigenvalue weighted by Crippen LogP contribution is 2.31. The maximum atomic E-state index is 12.3. The minimum atomic E-state index is -0.310. The summed E-state index contributed by atoms with van der Waals surface area (Å²) in [5, 5.41) is 4.67. The van der Waals surface area contributed by atoms with Gasteiger partial charge >= 0.3 is 0 Å². The topological polar surface area (TPSA) is 54.1 Å². The highest BCUT2D eigenvalue weighted by Gasteiger charge is 2.31. The van der Waals surface area contributed by atoms with Crippen molar-refractivity contribution in [1.82, 2.24) is 10.3 Å². The largest absolute Gasteiger partial charge is 0.379 e. The third-order valence-corrected chi connectivity index (χ3v) is 4.39. The van der Waals surface area contributed by atoms with E-state index in [0.29, 0.717) is 29.0 Å². The van der Waals surface area contributed by atoms with Crippen LogP contribution in [0.15, 0.2) is 18.2 Å². The first-order valence-corrected chi connectivity index (χ1v) is 7.11. The summed E-state index contributed by atoms with van der Waals surface area (Å²) in [5.41, 5.74) is 0.949. The first-order chi connectivity index (χ1) is 9.48. The molecule has 106 valence electrons. The summed E-state index contributed by atoms with van der Waals surface area (Å²) in [7, 11) is 0. The van der Waals surface area contributed by atoms with E-state index in [4.69, 9.17) is 27.9 Å².